The van der Waals surface area contributed by atoms with Gasteiger partial charge in [-0.05, 0) is 25.5 Å². The van der Waals surface area contributed by atoms with Gasteiger partial charge < -0.3 is 14.6 Å². The predicted octanol–water partition coefficient (Wildman–Crippen LogP) is 3.06. The fourth-order valence-corrected chi connectivity index (χ4v) is 1.67. The lowest BCUT2D eigenvalue weighted by Crippen LogP contribution is -2.32. The van der Waals surface area contributed by atoms with Crippen LogP contribution in [0.3, 0.4) is 0 Å². The molecule has 1 aromatic heterocycles. The minimum absolute atomic E-state index is 0.0761. The molecule has 1 unspecified atom stereocenters. The summed E-state index contributed by atoms with van der Waals surface area (Å²) in [4.78, 5) is 12.0. The van der Waals surface area contributed by atoms with Crippen molar-refractivity contribution in [3.8, 4) is 5.75 Å². The van der Waals surface area contributed by atoms with Crippen LogP contribution in [0.15, 0.2) is 28.8 Å². The normalized spacial score (nSPS) is 12.0. The second-order valence-electron chi connectivity index (χ2n) is 4.40. The summed E-state index contributed by atoms with van der Waals surface area (Å²) in [6.07, 6.45) is -0.506. The maximum atomic E-state index is 13.1. The van der Waals surface area contributed by atoms with Gasteiger partial charge in [0.25, 0.3) is 5.91 Å². The molecule has 7 heteroatoms. The molecule has 5 nitrogen and oxygen atoms in total. The highest BCUT2D eigenvalue weighted by Gasteiger charge is 2.20. The summed E-state index contributed by atoms with van der Waals surface area (Å²) in [7, 11) is 0. The van der Waals surface area contributed by atoms with Gasteiger partial charge in [0.05, 0.1) is 0 Å². The summed E-state index contributed by atoms with van der Waals surface area (Å²) in [5.41, 5.74) is 0. The van der Waals surface area contributed by atoms with Crippen LogP contribution in [-0.4, -0.2) is 17.2 Å². The Bertz CT molecular complexity index is 643. The Labute approximate surface area is 119 Å². The van der Waals surface area contributed by atoms with Gasteiger partial charge in [-0.2, -0.15) is 0 Å². The Kier molecular flexibility index (Phi) is 4.52. The summed E-state index contributed by atoms with van der Waals surface area (Å²) in [5.74, 6) is -1.56. The van der Waals surface area contributed by atoms with E-state index in [0.717, 1.165) is 12.1 Å². The van der Waals surface area contributed by atoms with E-state index in [1.165, 1.54) is 6.07 Å². The van der Waals surface area contributed by atoms with Crippen LogP contribution in [0.5, 0.6) is 5.75 Å². The molecule has 21 heavy (non-hydrogen) atoms. The largest absolute Gasteiger partial charge is 0.480 e. The number of aromatic nitrogens is 1. The second kappa shape index (κ2) is 6.34. The molecule has 0 bridgehead atoms. The molecule has 0 saturated carbocycles. The first-order valence-corrected chi connectivity index (χ1v) is 6.35. The number of nitrogens with one attached hydrogen (secondary N) is 1. The molecule has 112 valence electrons. The number of halogens is 2. The highest BCUT2D eigenvalue weighted by atomic mass is 19.2. The molecular weight excluding hydrogens is 282 g/mol. The van der Waals surface area contributed by atoms with E-state index in [9.17, 15) is 13.6 Å². The molecule has 0 radical (unpaired) electrons. The van der Waals surface area contributed by atoms with E-state index in [1.807, 2.05) is 0 Å². The molecule has 2 aromatic rings. The van der Waals surface area contributed by atoms with Gasteiger partial charge in [0.15, 0.2) is 23.6 Å². The van der Waals surface area contributed by atoms with Gasteiger partial charge in [-0.1, -0.05) is 12.1 Å². The highest BCUT2D eigenvalue weighted by molar-refractivity contribution is 5.93. The molecule has 1 atom stereocenters. The van der Waals surface area contributed by atoms with Crippen molar-refractivity contribution < 1.29 is 22.8 Å². The monoisotopic (exact) mass is 296 g/mol. The number of amides is 1. The minimum atomic E-state index is -1.03. The van der Waals surface area contributed by atoms with Crippen LogP contribution in [-0.2, 0) is 4.79 Å². The van der Waals surface area contributed by atoms with Crippen LogP contribution in [0.2, 0.25) is 0 Å². The summed E-state index contributed by atoms with van der Waals surface area (Å²) in [6, 6.07) is 4.65. The third-order valence-electron chi connectivity index (χ3n) is 2.71. The molecule has 1 N–H and O–H groups in total. The quantitative estimate of drug-likeness (QED) is 0.921. The van der Waals surface area contributed by atoms with Gasteiger partial charge in [-0.3, -0.25) is 4.79 Å². The Morgan fingerprint density at radius 1 is 1.38 bits per heavy atom. The average molecular weight is 296 g/mol. The molecular formula is C14H14F2N2O3. The van der Waals surface area contributed by atoms with Crippen molar-refractivity contribution in [1.29, 1.82) is 0 Å². The van der Waals surface area contributed by atoms with Gasteiger partial charge in [0, 0.05) is 12.1 Å². The van der Waals surface area contributed by atoms with E-state index in [-0.39, 0.29) is 11.6 Å². The van der Waals surface area contributed by atoms with Crippen LogP contribution < -0.4 is 10.1 Å². The molecule has 1 aromatic carbocycles. The molecule has 0 aliphatic carbocycles. The van der Waals surface area contributed by atoms with E-state index in [1.54, 1.807) is 19.9 Å². The third kappa shape index (κ3) is 3.77. The van der Waals surface area contributed by atoms with Crippen molar-refractivity contribution in [2.45, 2.75) is 26.4 Å². The van der Waals surface area contributed by atoms with Crippen LogP contribution in [0.25, 0.3) is 0 Å². The fraction of sp³-hybridized carbons (Fsp3) is 0.286. The number of hydrogen-bond acceptors (Lipinski definition) is 4. The van der Waals surface area contributed by atoms with Gasteiger partial charge in [-0.15, -0.1) is 0 Å². The van der Waals surface area contributed by atoms with E-state index in [0.29, 0.717) is 12.2 Å². The summed E-state index contributed by atoms with van der Waals surface area (Å²) in [5, 5.41) is 6.16. The van der Waals surface area contributed by atoms with Crippen LogP contribution in [0.1, 0.15) is 19.1 Å². The maximum Gasteiger partial charge on any atom is 0.266 e. The van der Waals surface area contributed by atoms with Gasteiger partial charge in [0.2, 0.25) is 0 Å². The molecule has 0 fully saturated rings. The molecule has 1 heterocycles. The predicted molar refractivity (Wildman–Crippen MR) is 70.9 cm³/mol. The van der Waals surface area contributed by atoms with E-state index in [2.05, 4.69) is 10.5 Å². The Balaban J connectivity index is 2.04. The number of benzene rings is 1. The van der Waals surface area contributed by atoms with Crippen LogP contribution in [0.4, 0.5) is 14.6 Å². The topological polar surface area (TPSA) is 64.4 Å². The lowest BCUT2D eigenvalue weighted by Gasteiger charge is -2.16. The lowest BCUT2D eigenvalue weighted by atomic mass is 10.2. The van der Waals surface area contributed by atoms with Crippen molar-refractivity contribution in [3.63, 3.8) is 0 Å². The smallest absolute Gasteiger partial charge is 0.266 e. The average Bonchev–Trinajstić information content (AvgIpc) is 2.85. The number of carbonyl (C=O) groups is 1. The number of nitrogens with zero attached hydrogens (tertiary/aromatic N) is 1. The molecule has 0 aliphatic heterocycles. The first-order valence-electron chi connectivity index (χ1n) is 6.35. The number of rotatable bonds is 5. The van der Waals surface area contributed by atoms with E-state index < -0.39 is 23.6 Å². The van der Waals surface area contributed by atoms with Crippen LogP contribution in [0, 0.1) is 18.6 Å². The van der Waals surface area contributed by atoms with Crippen molar-refractivity contribution in [3.05, 3.63) is 41.7 Å². The maximum absolute atomic E-state index is 13.1. The van der Waals surface area contributed by atoms with Crippen LogP contribution >= 0.6 is 0 Å². The Morgan fingerprint density at radius 3 is 2.71 bits per heavy atom. The zero-order valence-corrected chi connectivity index (χ0v) is 11.5. The highest BCUT2D eigenvalue weighted by Crippen LogP contribution is 2.18. The number of aryl methyl sites for hydroxylation is 1. The Morgan fingerprint density at radius 2 is 2.14 bits per heavy atom. The Hall–Kier alpha value is -2.44. The van der Waals surface area contributed by atoms with Gasteiger partial charge >= 0.3 is 0 Å². The lowest BCUT2D eigenvalue weighted by molar-refractivity contribution is -0.122. The van der Waals surface area contributed by atoms with Gasteiger partial charge in [-0.25, -0.2) is 8.78 Å². The van der Waals surface area contributed by atoms with E-state index >= 15 is 0 Å². The molecule has 0 spiro atoms. The van der Waals surface area contributed by atoms with Crippen molar-refractivity contribution in [2.75, 3.05) is 5.32 Å². The second-order valence-corrected chi connectivity index (χ2v) is 4.40. The van der Waals surface area contributed by atoms with Gasteiger partial charge in [0.1, 0.15) is 11.5 Å². The first-order chi connectivity index (χ1) is 9.99. The number of carbonyl (C=O) groups excluding carboxylic acids is 1. The number of anilines is 1. The summed E-state index contributed by atoms with van der Waals surface area (Å²) in [6.45, 7) is 3.43. The molecule has 0 aliphatic rings. The minimum Gasteiger partial charge on any atom is -0.480 e. The number of hydrogen-bond donors (Lipinski definition) is 1. The van der Waals surface area contributed by atoms with Crippen molar-refractivity contribution >= 4 is 11.7 Å². The zero-order chi connectivity index (χ0) is 15.4. The molecule has 0 saturated heterocycles. The summed E-state index contributed by atoms with van der Waals surface area (Å²) < 4.78 is 36.1. The zero-order valence-electron chi connectivity index (χ0n) is 11.5. The SMILES string of the molecule is CCC(Oc1ccc(F)c(F)c1)C(=O)Nc1cc(C)on1. The summed E-state index contributed by atoms with van der Waals surface area (Å²) >= 11 is 0. The van der Waals surface area contributed by atoms with E-state index in [4.69, 9.17) is 9.26 Å². The number of ether oxygens (including phenoxy) is 1. The molecule has 1 amide bonds. The van der Waals surface area contributed by atoms with Crippen molar-refractivity contribution in [1.82, 2.24) is 5.16 Å². The molecule has 2 rings (SSSR count). The fourth-order valence-electron chi connectivity index (χ4n) is 1.67. The first kappa shape index (κ1) is 15.0. The standard InChI is InChI=1S/C14H14F2N2O3/c1-3-12(14(19)17-13-6-8(2)21-18-13)20-9-4-5-10(15)11(16)7-9/h4-7,12H,3H2,1-2H3,(H,17,18,19). The third-order valence-corrected chi connectivity index (χ3v) is 2.71. The van der Waals surface area contributed by atoms with Crippen molar-refractivity contribution in [2.24, 2.45) is 0 Å².